The molecule has 1 fully saturated rings. The van der Waals surface area contributed by atoms with Gasteiger partial charge in [-0.1, -0.05) is 29.8 Å². The molecule has 2 N–H and O–H groups in total. The third-order valence-electron chi connectivity index (χ3n) is 6.06. The monoisotopic (exact) mass is 466 g/mol. The Morgan fingerprint density at radius 1 is 1.12 bits per heavy atom. The van der Waals surface area contributed by atoms with E-state index < -0.39 is 18.0 Å². The molecule has 1 aromatic carbocycles. The van der Waals surface area contributed by atoms with Gasteiger partial charge in [-0.15, -0.1) is 0 Å². The van der Waals surface area contributed by atoms with Crippen molar-refractivity contribution in [2.45, 2.75) is 26.3 Å². The molecule has 9 heteroatoms. The standard InChI is InChI=1S/C25H30N4O5/c1-3-33-24(31)22-19(26-25(32)27-23(22)20-5-4-14-34-20)16-28-10-12-29(13-11-28)21(30)15-18-8-6-17(2)7-9-18/h4-9,14,23H,3,10-13,15-16H2,1-2H3,(H2,26,27,32). The van der Waals surface area contributed by atoms with Gasteiger partial charge in [-0.05, 0) is 31.5 Å². The summed E-state index contributed by atoms with van der Waals surface area (Å²) in [4.78, 5) is 41.9. The molecule has 180 valence electrons. The van der Waals surface area contributed by atoms with Gasteiger partial charge in [-0.3, -0.25) is 9.69 Å². The van der Waals surface area contributed by atoms with Crippen molar-refractivity contribution in [2.24, 2.45) is 0 Å². The summed E-state index contributed by atoms with van der Waals surface area (Å²) in [6, 6.07) is 10.3. The van der Waals surface area contributed by atoms with Crippen LogP contribution in [0.4, 0.5) is 4.79 Å². The Morgan fingerprint density at radius 2 is 1.85 bits per heavy atom. The Balaban J connectivity index is 1.43. The van der Waals surface area contributed by atoms with E-state index in [4.69, 9.17) is 9.15 Å². The van der Waals surface area contributed by atoms with Crippen LogP contribution in [0.2, 0.25) is 0 Å². The highest BCUT2D eigenvalue weighted by atomic mass is 16.5. The number of hydrogen-bond acceptors (Lipinski definition) is 6. The number of hydrogen-bond donors (Lipinski definition) is 2. The number of nitrogens with zero attached hydrogens (tertiary/aromatic N) is 2. The van der Waals surface area contributed by atoms with Gasteiger partial charge in [0.15, 0.2) is 0 Å². The fourth-order valence-electron chi connectivity index (χ4n) is 4.23. The summed E-state index contributed by atoms with van der Waals surface area (Å²) in [6.07, 6.45) is 1.88. The fourth-order valence-corrected chi connectivity index (χ4v) is 4.23. The van der Waals surface area contributed by atoms with Gasteiger partial charge >= 0.3 is 12.0 Å². The van der Waals surface area contributed by atoms with E-state index in [-0.39, 0.29) is 12.5 Å². The molecule has 0 aliphatic carbocycles. The average molecular weight is 467 g/mol. The van der Waals surface area contributed by atoms with Crippen molar-refractivity contribution in [3.63, 3.8) is 0 Å². The zero-order chi connectivity index (χ0) is 24.1. The SMILES string of the molecule is CCOC(=O)C1=C(CN2CCN(C(=O)Cc3ccc(C)cc3)CC2)NC(=O)NC1c1ccco1. The third kappa shape index (κ3) is 5.48. The van der Waals surface area contributed by atoms with Crippen LogP contribution < -0.4 is 10.6 Å². The quantitative estimate of drug-likeness (QED) is 0.606. The lowest BCUT2D eigenvalue weighted by atomic mass is 9.99. The summed E-state index contributed by atoms with van der Waals surface area (Å²) in [5.74, 6) is 0.0585. The summed E-state index contributed by atoms with van der Waals surface area (Å²) in [5, 5.41) is 5.53. The van der Waals surface area contributed by atoms with E-state index in [0.717, 1.165) is 5.56 Å². The largest absolute Gasteiger partial charge is 0.467 e. The fraction of sp³-hybridized carbons (Fsp3) is 0.400. The summed E-state index contributed by atoms with van der Waals surface area (Å²) in [7, 11) is 0. The summed E-state index contributed by atoms with van der Waals surface area (Å²) < 4.78 is 10.7. The molecule has 3 heterocycles. The number of ether oxygens (including phenoxy) is 1. The minimum atomic E-state index is -0.727. The van der Waals surface area contributed by atoms with Gasteiger partial charge in [0.2, 0.25) is 5.91 Å². The van der Waals surface area contributed by atoms with Crippen molar-refractivity contribution < 1.29 is 23.5 Å². The number of nitrogens with one attached hydrogen (secondary N) is 2. The number of aryl methyl sites for hydroxylation is 1. The first-order valence-electron chi connectivity index (χ1n) is 11.5. The maximum Gasteiger partial charge on any atom is 0.338 e. The molecule has 0 saturated carbocycles. The van der Waals surface area contributed by atoms with Gasteiger partial charge in [-0.25, -0.2) is 9.59 Å². The van der Waals surface area contributed by atoms with Crippen LogP contribution in [0.5, 0.6) is 0 Å². The number of rotatable bonds is 7. The summed E-state index contributed by atoms with van der Waals surface area (Å²) >= 11 is 0. The molecule has 1 unspecified atom stereocenters. The van der Waals surface area contributed by atoms with Gasteiger partial charge in [-0.2, -0.15) is 0 Å². The van der Waals surface area contributed by atoms with E-state index in [9.17, 15) is 14.4 Å². The number of urea groups is 1. The molecule has 4 rings (SSSR count). The lowest BCUT2D eigenvalue weighted by molar-refractivity contribution is -0.139. The Labute approximate surface area is 198 Å². The Hall–Kier alpha value is -3.59. The molecule has 1 aromatic heterocycles. The maximum absolute atomic E-state index is 12.8. The number of carbonyl (C=O) groups is 3. The molecule has 0 bridgehead atoms. The first kappa shape index (κ1) is 23.6. The van der Waals surface area contributed by atoms with E-state index in [2.05, 4.69) is 15.5 Å². The minimum absolute atomic E-state index is 0.1000. The highest BCUT2D eigenvalue weighted by Gasteiger charge is 2.36. The molecule has 0 radical (unpaired) electrons. The molecular formula is C25H30N4O5. The summed E-state index contributed by atoms with van der Waals surface area (Å²) in [6.45, 7) is 6.77. The number of esters is 1. The first-order chi connectivity index (χ1) is 16.4. The number of furan rings is 1. The van der Waals surface area contributed by atoms with Crippen LogP contribution in [0, 0.1) is 6.92 Å². The zero-order valence-electron chi connectivity index (χ0n) is 19.5. The lowest BCUT2D eigenvalue weighted by Gasteiger charge is -2.36. The minimum Gasteiger partial charge on any atom is -0.467 e. The van der Waals surface area contributed by atoms with Crippen molar-refractivity contribution in [1.29, 1.82) is 0 Å². The molecule has 2 aromatic rings. The van der Waals surface area contributed by atoms with E-state index >= 15 is 0 Å². The number of amides is 3. The molecule has 1 atom stereocenters. The predicted molar refractivity (Wildman–Crippen MR) is 125 cm³/mol. The van der Waals surface area contributed by atoms with Crippen LogP contribution in [0.1, 0.15) is 29.9 Å². The maximum atomic E-state index is 12.8. The van der Waals surface area contributed by atoms with E-state index in [1.807, 2.05) is 36.1 Å². The van der Waals surface area contributed by atoms with Gasteiger partial charge < -0.3 is 24.7 Å². The molecule has 34 heavy (non-hydrogen) atoms. The van der Waals surface area contributed by atoms with Crippen molar-refractivity contribution in [3.05, 3.63) is 70.8 Å². The van der Waals surface area contributed by atoms with Crippen molar-refractivity contribution in [1.82, 2.24) is 20.4 Å². The molecule has 2 aliphatic heterocycles. The first-order valence-corrected chi connectivity index (χ1v) is 11.5. The molecule has 1 saturated heterocycles. The lowest BCUT2D eigenvalue weighted by Crippen LogP contribution is -2.52. The van der Waals surface area contributed by atoms with Gasteiger partial charge in [0.05, 0.1) is 24.9 Å². The number of carbonyl (C=O) groups excluding carboxylic acids is 3. The van der Waals surface area contributed by atoms with Gasteiger partial charge in [0.25, 0.3) is 0 Å². The van der Waals surface area contributed by atoms with Crippen LogP contribution in [0.25, 0.3) is 0 Å². The van der Waals surface area contributed by atoms with Crippen LogP contribution in [0.15, 0.2) is 58.3 Å². The number of benzene rings is 1. The van der Waals surface area contributed by atoms with Crippen molar-refractivity contribution >= 4 is 17.9 Å². The van der Waals surface area contributed by atoms with Gasteiger partial charge in [0, 0.05) is 38.4 Å². The Kier molecular flexibility index (Phi) is 7.32. The van der Waals surface area contributed by atoms with Crippen LogP contribution >= 0.6 is 0 Å². The molecule has 9 nitrogen and oxygen atoms in total. The van der Waals surface area contributed by atoms with E-state index in [1.54, 1.807) is 19.1 Å². The normalized spacial score (nSPS) is 18.9. The Bertz CT molecular complexity index is 1050. The van der Waals surface area contributed by atoms with Crippen LogP contribution in [-0.2, 0) is 20.7 Å². The highest BCUT2D eigenvalue weighted by molar-refractivity contribution is 5.95. The topological polar surface area (TPSA) is 104 Å². The second-order valence-corrected chi connectivity index (χ2v) is 8.48. The van der Waals surface area contributed by atoms with Crippen LogP contribution in [0.3, 0.4) is 0 Å². The third-order valence-corrected chi connectivity index (χ3v) is 6.06. The summed E-state index contributed by atoms with van der Waals surface area (Å²) in [5.41, 5.74) is 2.99. The van der Waals surface area contributed by atoms with Gasteiger partial charge in [0.1, 0.15) is 11.8 Å². The highest BCUT2D eigenvalue weighted by Crippen LogP contribution is 2.28. The molecule has 2 aliphatic rings. The predicted octanol–water partition coefficient (Wildman–Crippen LogP) is 2.15. The Morgan fingerprint density at radius 3 is 2.50 bits per heavy atom. The second kappa shape index (κ2) is 10.6. The van der Waals surface area contributed by atoms with Crippen molar-refractivity contribution in [2.75, 3.05) is 39.3 Å². The smallest absolute Gasteiger partial charge is 0.338 e. The van der Waals surface area contributed by atoms with E-state index in [0.29, 0.717) is 56.2 Å². The van der Waals surface area contributed by atoms with Crippen LogP contribution in [-0.4, -0.2) is 67.0 Å². The average Bonchev–Trinajstić information content (AvgIpc) is 3.36. The zero-order valence-corrected chi connectivity index (χ0v) is 19.5. The second-order valence-electron chi connectivity index (χ2n) is 8.48. The van der Waals surface area contributed by atoms with E-state index in [1.165, 1.54) is 11.8 Å². The van der Waals surface area contributed by atoms with Crippen molar-refractivity contribution in [3.8, 4) is 0 Å². The molecular weight excluding hydrogens is 436 g/mol. The number of piperazine rings is 1. The molecule has 3 amide bonds. The molecule has 0 spiro atoms.